The zero-order valence-electron chi connectivity index (χ0n) is 8.30. The van der Waals surface area contributed by atoms with Crippen molar-refractivity contribution in [3.63, 3.8) is 0 Å². The van der Waals surface area contributed by atoms with E-state index in [1.807, 2.05) is 0 Å². The van der Waals surface area contributed by atoms with E-state index in [1.165, 1.54) is 6.42 Å². The van der Waals surface area contributed by atoms with Crippen LogP contribution in [0.3, 0.4) is 0 Å². The molecule has 0 saturated carbocycles. The lowest BCUT2D eigenvalue weighted by atomic mass is 9.86. The van der Waals surface area contributed by atoms with Crippen molar-refractivity contribution in [2.45, 2.75) is 33.2 Å². The van der Waals surface area contributed by atoms with Gasteiger partial charge in [-0.15, -0.1) is 0 Å². The van der Waals surface area contributed by atoms with Gasteiger partial charge in [-0.25, -0.2) is 0 Å². The molecule has 0 amide bonds. The number of allylic oxidation sites excluding steroid dienone is 2. The second-order valence-corrected chi connectivity index (χ2v) is 3.93. The van der Waals surface area contributed by atoms with Crippen molar-refractivity contribution in [3.8, 4) is 0 Å². The maximum absolute atomic E-state index is 3.93. The Kier molecular flexibility index (Phi) is 2.96. The van der Waals surface area contributed by atoms with Crippen LogP contribution in [-0.4, -0.2) is 6.04 Å². The fourth-order valence-corrected chi connectivity index (χ4v) is 1.60. The lowest BCUT2D eigenvalue weighted by molar-refractivity contribution is 0.310. The molecular formula is C11H19N. The third-order valence-corrected chi connectivity index (χ3v) is 2.93. The van der Waals surface area contributed by atoms with Gasteiger partial charge in [-0.05, 0) is 31.3 Å². The third kappa shape index (κ3) is 2.13. The van der Waals surface area contributed by atoms with Crippen LogP contribution in [0.4, 0.5) is 0 Å². The average molecular weight is 165 g/mol. The summed E-state index contributed by atoms with van der Waals surface area (Å²) in [4.78, 5) is 0. The van der Waals surface area contributed by atoms with Crippen molar-refractivity contribution in [2.24, 2.45) is 11.8 Å². The summed E-state index contributed by atoms with van der Waals surface area (Å²) < 4.78 is 0. The molecule has 0 aliphatic carbocycles. The van der Waals surface area contributed by atoms with Crippen LogP contribution >= 0.6 is 0 Å². The first-order chi connectivity index (χ1) is 5.61. The lowest BCUT2D eigenvalue weighted by Crippen LogP contribution is -2.34. The van der Waals surface area contributed by atoms with Gasteiger partial charge < -0.3 is 5.32 Å². The molecule has 0 saturated heterocycles. The molecule has 0 aromatic heterocycles. The molecule has 0 bridgehead atoms. The summed E-state index contributed by atoms with van der Waals surface area (Å²) in [5, 5.41) is 3.38. The highest BCUT2D eigenvalue weighted by Crippen LogP contribution is 2.21. The van der Waals surface area contributed by atoms with Gasteiger partial charge in [0, 0.05) is 11.7 Å². The number of nitrogens with one attached hydrogen (secondary N) is 1. The van der Waals surface area contributed by atoms with Gasteiger partial charge in [0.2, 0.25) is 0 Å². The molecule has 12 heavy (non-hydrogen) atoms. The van der Waals surface area contributed by atoms with Gasteiger partial charge in [-0.1, -0.05) is 26.5 Å². The van der Waals surface area contributed by atoms with Crippen LogP contribution in [0.1, 0.15) is 27.2 Å². The van der Waals surface area contributed by atoms with Crippen LogP contribution in [0.5, 0.6) is 0 Å². The van der Waals surface area contributed by atoms with E-state index >= 15 is 0 Å². The SMILES string of the molecule is C=C1/C=C\C[C@@H](C)[C@H](C)C(C)N1. The van der Waals surface area contributed by atoms with Crippen molar-refractivity contribution >= 4 is 0 Å². The Bertz CT molecular complexity index is 193. The van der Waals surface area contributed by atoms with E-state index in [9.17, 15) is 0 Å². The summed E-state index contributed by atoms with van der Waals surface area (Å²) in [7, 11) is 0. The monoisotopic (exact) mass is 165 g/mol. The van der Waals surface area contributed by atoms with Crippen LogP contribution in [0.15, 0.2) is 24.4 Å². The molecule has 1 unspecified atom stereocenters. The molecule has 1 N–H and O–H groups in total. The first kappa shape index (κ1) is 9.37. The summed E-state index contributed by atoms with van der Waals surface area (Å²) >= 11 is 0. The fourth-order valence-electron chi connectivity index (χ4n) is 1.60. The van der Waals surface area contributed by atoms with E-state index in [4.69, 9.17) is 0 Å². The van der Waals surface area contributed by atoms with E-state index < -0.39 is 0 Å². The van der Waals surface area contributed by atoms with Crippen LogP contribution in [-0.2, 0) is 0 Å². The highest BCUT2D eigenvalue weighted by atomic mass is 14.9. The maximum atomic E-state index is 3.93. The summed E-state index contributed by atoms with van der Waals surface area (Å²) in [6.45, 7) is 10.8. The van der Waals surface area contributed by atoms with E-state index in [0.29, 0.717) is 12.0 Å². The van der Waals surface area contributed by atoms with Crippen molar-refractivity contribution in [1.29, 1.82) is 0 Å². The van der Waals surface area contributed by atoms with Gasteiger partial charge in [-0.2, -0.15) is 0 Å². The Morgan fingerprint density at radius 3 is 2.75 bits per heavy atom. The van der Waals surface area contributed by atoms with E-state index in [-0.39, 0.29) is 0 Å². The largest absolute Gasteiger partial charge is 0.383 e. The van der Waals surface area contributed by atoms with Gasteiger partial charge in [0.15, 0.2) is 0 Å². The molecule has 1 heteroatoms. The van der Waals surface area contributed by atoms with Crippen molar-refractivity contribution < 1.29 is 0 Å². The molecule has 0 spiro atoms. The molecule has 68 valence electrons. The van der Waals surface area contributed by atoms with E-state index in [1.54, 1.807) is 0 Å². The summed E-state index contributed by atoms with van der Waals surface area (Å²) in [5.74, 6) is 1.48. The highest BCUT2D eigenvalue weighted by Gasteiger charge is 2.19. The first-order valence-corrected chi connectivity index (χ1v) is 4.73. The Morgan fingerprint density at radius 2 is 2.08 bits per heavy atom. The molecule has 1 nitrogen and oxygen atoms in total. The van der Waals surface area contributed by atoms with Gasteiger partial charge in [0.1, 0.15) is 0 Å². The zero-order valence-corrected chi connectivity index (χ0v) is 8.30. The lowest BCUT2D eigenvalue weighted by Gasteiger charge is -2.29. The van der Waals surface area contributed by atoms with Crippen LogP contribution in [0.25, 0.3) is 0 Å². The van der Waals surface area contributed by atoms with Crippen molar-refractivity contribution in [2.75, 3.05) is 0 Å². The standard InChI is InChI=1S/C11H19N/c1-8-6-5-7-9(2)12-11(4)10(8)3/h5,7-8,10-12H,2,6H2,1,3-4H3/b7-5-/t8-,10+,11?/m1/s1. The molecule has 0 aromatic rings. The Labute approximate surface area is 75.6 Å². The van der Waals surface area contributed by atoms with Gasteiger partial charge in [0.25, 0.3) is 0 Å². The van der Waals surface area contributed by atoms with Gasteiger partial charge in [-0.3, -0.25) is 0 Å². The molecule has 0 radical (unpaired) electrons. The molecular weight excluding hydrogens is 146 g/mol. The number of rotatable bonds is 0. The summed E-state index contributed by atoms with van der Waals surface area (Å²) in [5.41, 5.74) is 1.04. The topological polar surface area (TPSA) is 12.0 Å². The normalized spacial score (nSPS) is 39.6. The van der Waals surface area contributed by atoms with Gasteiger partial charge in [0.05, 0.1) is 0 Å². The second-order valence-electron chi connectivity index (χ2n) is 3.93. The quantitative estimate of drug-likeness (QED) is 0.582. The zero-order chi connectivity index (χ0) is 9.14. The number of hydrogen-bond acceptors (Lipinski definition) is 1. The van der Waals surface area contributed by atoms with Crippen molar-refractivity contribution in [3.05, 3.63) is 24.4 Å². The summed E-state index contributed by atoms with van der Waals surface area (Å²) in [6.07, 6.45) is 5.47. The minimum Gasteiger partial charge on any atom is -0.383 e. The molecule has 3 atom stereocenters. The smallest absolute Gasteiger partial charge is 0.0266 e. The molecule has 1 heterocycles. The van der Waals surface area contributed by atoms with Gasteiger partial charge >= 0.3 is 0 Å². The fraction of sp³-hybridized carbons (Fsp3) is 0.636. The Morgan fingerprint density at radius 1 is 1.42 bits per heavy atom. The predicted molar refractivity (Wildman–Crippen MR) is 53.8 cm³/mol. The molecule has 0 aromatic carbocycles. The molecule has 0 fully saturated rings. The van der Waals surface area contributed by atoms with Crippen LogP contribution < -0.4 is 5.32 Å². The number of hydrogen-bond donors (Lipinski definition) is 1. The highest BCUT2D eigenvalue weighted by molar-refractivity contribution is 5.14. The second kappa shape index (κ2) is 3.79. The third-order valence-electron chi connectivity index (χ3n) is 2.93. The minimum absolute atomic E-state index is 0.539. The first-order valence-electron chi connectivity index (χ1n) is 4.73. The summed E-state index contributed by atoms with van der Waals surface area (Å²) in [6, 6.07) is 0.539. The Hall–Kier alpha value is -0.720. The average Bonchev–Trinajstić information content (AvgIpc) is 2.01. The maximum Gasteiger partial charge on any atom is 0.0266 e. The Balaban J connectivity index is 2.69. The van der Waals surface area contributed by atoms with Crippen molar-refractivity contribution in [1.82, 2.24) is 5.32 Å². The minimum atomic E-state index is 0.539. The van der Waals surface area contributed by atoms with Crippen LogP contribution in [0.2, 0.25) is 0 Å². The van der Waals surface area contributed by atoms with E-state index in [2.05, 4.69) is 44.8 Å². The molecule has 1 aliphatic heterocycles. The predicted octanol–water partition coefficient (Wildman–Crippen LogP) is 2.71. The molecule has 1 aliphatic rings. The van der Waals surface area contributed by atoms with Crippen LogP contribution in [0, 0.1) is 11.8 Å². The van der Waals surface area contributed by atoms with E-state index in [0.717, 1.165) is 11.6 Å². The molecule has 1 rings (SSSR count).